The van der Waals surface area contributed by atoms with Gasteiger partial charge in [-0.15, -0.1) is 0 Å². The zero-order valence-corrected chi connectivity index (χ0v) is 22.9. The van der Waals surface area contributed by atoms with E-state index in [1.807, 2.05) is 18.3 Å². The summed E-state index contributed by atoms with van der Waals surface area (Å²) >= 11 is 6.57. The van der Waals surface area contributed by atoms with Gasteiger partial charge in [-0.1, -0.05) is 35.9 Å². The Morgan fingerprint density at radius 3 is 2.67 bits per heavy atom. The van der Waals surface area contributed by atoms with Gasteiger partial charge in [0.1, 0.15) is 0 Å². The Bertz CT molecular complexity index is 1480. The van der Waals surface area contributed by atoms with Gasteiger partial charge in [-0.2, -0.15) is 0 Å². The molecule has 3 N–H and O–H groups in total. The highest BCUT2D eigenvalue weighted by Crippen LogP contribution is 2.42. The van der Waals surface area contributed by atoms with Crippen LogP contribution in [0.4, 0.5) is 11.6 Å². The molecular formula is C31H35ClN6O. The maximum atomic E-state index is 9.93. The van der Waals surface area contributed by atoms with Gasteiger partial charge in [0.15, 0.2) is 0 Å². The van der Waals surface area contributed by atoms with Crippen molar-refractivity contribution in [2.75, 3.05) is 31.5 Å². The van der Waals surface area contributed by atoms with E-state index in [9.17, 15) is 5.11 Å². The van der Waals surface area contributed by atoms with Crippen LogP contribution in [0.2, 0.25) is 5.02 Å². The molecule has 0 radical (unpaired) electrons. The Balaban J connectivity index is 1.09. The zero-order valence-electron chi connectivity index (χ0n) is 22.1. The number of nitrogens with zero attached hydrogens (tertiary/aromatic N) is 4. The molecule has 2 aliphatic heterocycles. The standard InChI is InChI=1S/C31H35ClN6O/c32-28-17-34-31(36-30(28)27-16-33-29-4-2-1-3-26(27)29)35-23-14-20(13-22(15-23)21-5-6-21)18-37-10-7-24(8-11-37)38-12-9-25(39)19-38/h1-4,13-17,21,24-25,33,39H,5-12,18-19H2,(H,34,35,36)/t25-/m0/s1. The van der Waals surface area contributed by atoms with Crippen molar-refractivity contribution in [1.82, 2.24) is 24.8 Å². The van der Waals surface area contributed by atoms with Crippen LogP contribution in [0.5, 0.6) is 0 Å². The summed E-state index contributed by atoms with van der Waals surface area (Å²) in [7, 11) is 0. The molecule has 3 aliphatic rings. The van der Waals surface area contributed by atoms with E-state index in [0.29, 0.717) is 22.9 Å². The summed E-state index contributed by atoms with van der Waals surface area (Å²) in [6.07, 6.45) is 9.31. The van der Waals surface area contributed by atoms with E-state index < -0.39 is 0 Å². The van der Waals surface area contributed by atoms with Gasteiger partial charge in [-0.05, 0) is 80.4 Å². The average Bonchev–Trinajstić information content (AvgIpc) is 3.58. The van der Waals surface area contributed by atoms with Crippen LogP contribution in [0, 0.1) is 0 Å². The topological polar surface area (TPSA) is 80.3 Å². The number of anilines is 2. The molecule has 4 aromatic rings. The first-order chi connectivity index (χ1) is 19.1. The Labute approximate surface area is 234 Å². The SMILES string of the molecule is O[C@H]1CCN(C2CCN(Cc3cc(Nc4ncc(Cl)c(-c5c[nH]c6ccccc56)n4)cc(C4CC4)c3)CC2)C1. The number of hydrogen-bond donors (Lipinski definition) is 3. The van der Waals surface area contributed by atoms with E-state index in [2.05, 4.69) is 55.4 Å². The number of benzene rings is 2. The van der Waals surface area contributed by atoms with Crippen molar-refractivity contribution < 1.29 is 5.11 Å². The normalized spacial score (nSPS) is 21.1. The minimum atomic E-state index is -0.137. The molecule has 3 fully saturated rings. The molecule has 1 saturated carbocycles. The van der Waals surface area contributed by atoms with E-state index in [0.717, 1.165) is 67.0 Å². The fourth-order valence-corrected chi connectivity index (χ4v) is 6.54. The average molecular weight is 543 g/mol. The highest BCUT2D eigenvalue weighted by Gasteiger charge is 2.30. The first kappa shape index (κ1) is 25.0. The smallest absolute Gasteiger partial charge is 0.227 e. The van der Waals surface area contributed by atoms with E-state index in [1.165, 1.54) is 36.8 Å². The summed E-state index contributed by atoms with van der Waals surface area (Å²) in [4.78, 5) is 17.7. The molecule has 2 aromatic carbocycles. The van der Waals surface area contributed by atoms with Gasteiger partial charge < -0.3 is 15.4 Å². The summed E-state index contributed by atoms with van der Waals surface area (Å²) in [6.45, 7) is 5.04. The van der Waals surface area contributed by atoms with Crippen molar-refractivity contribution in [3.8, 4) is 11.3 Å². The molecule has 202 valence electrons. The molecule has 1 atom stereocenters. The molecule has 7 nitrogen and oxygen atoms in total. The summed E-state index contributed by atoms with van der Waals surface area (Å²) < 4.78 is 0. The summed E-state index contributed by atoms with van der Waals surface area (Å²) in [5, 5.41) is 15.0. The third kappa shape index (κ3) is 5.41. The van der Waals surface area contributed by atoms with Crippen molar-refractivity contribution in [3.63, 3.8) is 0 Å². The number of likely N-dealkylation sites (tertiary alicyclic amines) is 2. The number of hydrogen-bond acceptors (Lipinski definition) is 6. The number of piperidine rings is 1. The van der Waals surface area contributed by atoms with Gasteiger partial charge in [0.05, 0.1) is 23.0 Å². The van der Waals surface area contributed by atoms with Crippen molar-refractivity contribution >= 4 is 34.1 Å². The number of H-pyrrole nitrogens is 1. The highest BCUT2D eigenvalue weighted by molar-refractivity contribution is 6.33. The molecule has 2 aromatic heterocycles. The van der Waals surface area contributed by atoms with E-state index >= 15 is 0 Å². The van der Waals surface area contributed by atoms with Gasteiger partial charge in [-0.25, -0.2) is 9.97 Å². The number of aliphatic hydroxyl groups is 1. The van der Waals surface area contributed by atoms with Gasteiger partial charge in [0.2, 0.25) is 5.95 Å². The predicted molar refractivity (Wildman–Crippen MR) is 157 cm³/mol. The molecule has 0 unspecified atom stereocenters. The minimum absolute atomic E-state index is 0.137. The van der Waals surface area contributed by atoms with Crippen molar-refractivity contribution in [2.45, 2.75) is 56.7 Å². The Kier molecular flexibility index (Phi) is 6.77. The van der Waals surface area contributed by atoms with E-state index in [1.54, 1.807) is 6.20 Å². The molecule has 1 aliphatic carbocycles. The van der Waals surface area contributed by atoms with E-state index in [-0.39, 0.29) is 6.10 Å². The van der Waals surface area contributed by atoms with Gasteiger partial charge in [0, 0.05) is 54.0 Å². The number of aliphatic hydroxyl groups excluding tert-OH is 1. The third-order valence-corrected chi connectivity index (χ3v) is 8.86. The zero-order chi connectivity index (χ0) is 26.3. The Morgan fingerprint density at radius 1 is 1.03 bits per heavy atom. The molecule has 4 heterocycles. The number of fused-ring (bicyclic) bond motifs is 1. The quantitative estimate of drug-likeness (QED) is 0.268. The van der Waals surface area contributed by atoms with Crippen LogP contribution in [0.15, 0.2) is 54.9 Å². The van der Waals surface area contributed by atoms with Crippen LogP contribution in [0.1, 0.15) is 49.1 Å². The molecule has 2 saturated heterocycles. The minimum Gasteiger partial charge on any atom is -0.392 e. The van der Waals surface area contributed by atoms with Gasteiger partial charge in [0.25, 0.3) is 0 Å². The summed E-state index contributed by atoms with van der Waals surface area (Å²) in [5.74, 6) is 1.21. The maximum Gasteiger partial charge on any atom is 0.227 e. The second-order valence-corrected chi connectivity index (χ2v) is 11.9. The molecule has 7 rings (SSSR count). The number of rotatable bonds is 7. The molecule has 8 heteroatoms. The molecule has 0 bridgehead atoms. The number of aromatic amines is 1. The van der Waals surface area contributed by atoms with Crippen LogP contribution >= 0.6 is 11.6 Å². The second kappa shape index (κ2) is 10.5. The lowest BCUT2D eigenvalue weighted by Gasteiger charge is -2.36. The monoisotopic (exact) mass is 542 g/mol. The van der Waals surface area contributed by atoms with Crippen molar-refractivity contribution in [2.24, 2.45) is 0 Å². The van der Waals surface area contributed by atoms with Crippen molar-refractivity contribution in [3.05, 3.63) is 71.0 Å². The van der Waals surface area contributed by atoms with Crippen LogP contribution in [-0.4, -0.2) is 68.2 Å². The second-order valence-electron chi connectivity index (χ2n) is 11.4. The Morgan fingerprint density at radius 2 is 1.87 bits per heavy atom. The Hall–Kier alpha value is -2.97. The van der Waals surface area contributed by atoms with Gasteiger partial charge in [-0.3, -0.25) is 9.80 Å². The predicted octanol–water partition coefficient (Wildman–Crippen LogP) is 5.93. The molecular weight excluding hydrogens is 508 g/mol. The number of para-hydroxylation sites is 1. The third-order valence-electron chi connectivity index (χ3n) is 8.58. The number of β-amino-alcohol motifs (C(OH)–C–C–N with tert-alkyl or cyclic N) is 1. The van der Waals surface area contributed by atoms with Crippen LogP contribution in [-0.2, 0) is 6.54 Å². The fourth-order valence-electron chi connectivity index (χ4n) is 6.35. The van der Waals surface area contributed by atoms with Crippen LogP contribution in [0.3, 0.4) is 0 Å². The summed E-state index contributed by atoms with van der Waals surface area (Å²) in [5.41, 5.74) is 6.52. The van der Waals surface area contributed by atoms with Crippen LogP contribution in [0.25, 0.3) is 22.2 Å². The summed E-state index contributed by atoms with van der Waals surface area (Å²) in [6, 6.07) is 15.7. The number of nitrogens with one attached hydrogen (secondary N) is 2. The molecule has 0 amide bonds. The molecule has 39 heavy (non-hydrogen) atoms. The number of aromatic nitrogens is 3. The first-order valence-electron chi connectivity index (χ1n) is 14.2. The maximum absolute atomic E-state index is 9.93. The molecule has 0 spiro atoms. The fraction of sp³-hybridized carbons (Fsp3) is 0.419. The number of halogens is 1. The first-order valence-corrected chi connectivity index (χ1v) is 14.6. The highest BCUT2D eigenvalue weighted by atomic mass is 35.5. The lowest BCUT2D eigenvalue weighted by Crippen LogP contribution is -2.44. The van der Waals surface area contributed by atoms with E-state index in [4.69, 9.17) is 16.6 Å². The lowest BCUT2D eigenvalue weighted by molar-refractivity contribution is 0.106. The largest absolute Gasteiger partial charge is 0.392 e. The van der Waals surface area contributed by atoms with Crippen molar-refractivity contribution in [1.29, 1.82) is 0 Å². The lowest BCUT2D eigenvalue weighted by atomic mass is 10.0. The van der Waals surface area contributed by atoms with Crippen LogP contribution < -0.4 is 5.32 Å². The van der Waals surface area contributed by atoms with Gasteiger partial charge >= 0.3 is 0 Å².